The van der Waals surface area contributed by atoms with Gasteiger partial charge in [-0.05, 0) is 35.9 Å². The molecule has 0 radical (unpaired) electrons. The molecule has 2 N–H and O–H groups in total. The second kappa shape index (κ2) is 8.19. The third-order valence-electron chi connectivity index (χ3n) is 5.38. The summed E-state index contributed by atoms with van der Waals surface area (Å²) in [5, 5.41) is 10.2. The number of carbonyl (C=O) groups excluding carboxylic acids is 2. The number of aromatic nitrogens is 2. The molecular formula is C22H21N5O4. The van der Waals surface area contributed by atoms with Crippen molar-refractivity contribution in [1.29, 1.82) is 0 Å². The molecule has 3 heterocycles. The Labute approximate surface area is 178 Å². The Morgan fingerprint density at radius 1 is 1.23 bits per heavy atom. The molecule has 1 fully saturated rings. The first-order valence-electron chi connectivity index (χ1n) is 10.1. The molecule has 0 bridgehead atoms. The number of ether oxygens (including phenoxy) is 1. The van der Waals surface area contributed by atoms with Gasteiger partial charge in [-0.1, -0.05) is 23.4 Å². The molecule has 2 aromatic carbocycles. The van der Waals surface area contributed by atoms with E-state index in [0.717, 1.165) is 16.8 Å². The molecule has 0 spiro atoms. The molecule has 5 rings (SSSR count). The lowest BCUT2D eigenvalue weighted by atomic mass is 10.1. The van der Waals surface area contributed by atoms with E-state index in [2.05, 4.69) is 20.8 Å². The summed E-state index contributed by atoms with van der Waals surface area (Å²) in [4.78, 5) is 30.7. The first-order valence-corrected chi connectivity index (χ1v) is 10.1. The number of carbonyl (C=O) groups is 2. The van der Waals surface area contributed by atoms with E-state index in [1.807, 2.05) is 48.5 Å². The molecule has 2 amide bonds. The van der Waals surface area contributed by atoms with Crippen LogP contribution in [0.5, 0.6) is 5.75 Å². The van der Waals surface area contributed by atoms with Crippen molar-refractivity contribution in [3.8, 4) is 17.1 Å². The summed E-state index contributed by atoms with van der Waals surface area (Å²) in [6, 6.07) is 14.4. The second-order valence-electron chi connectivity index (χ2n) is 7.46. The number of fused-ring (bicyclic) bond motifs is 1. The molecule has 9 nitrogen and oxygen atoms in total. The Morgan fingerprint density at radius 2 is 2.10 bits per heavy atom. The highest BCUT2D eigenvalue weighted by Crippen LogP contribution is 2.29. The number of hydrogen-bond donors (Lipinski definition) is 2. The summed E-state index contributed by atoms with van der Waals surface area (Å²) in [6.07, 6.45) is 0.337. The van der Waals surface area contributed by atoms with E-state index in [0.29, 0.717) is 43.5 Å². The molecule has 1 unspecified atom stereocenters. The largest absolute Gasteiger partial charge is 0.484 e. The van der Waals surface area contributed by atoms with Gasteiger partial charge in [-0.3, -0.25) is 9.59 Å². The van der Waals surface area contributed by atoms with Gasteiger partial charge in [0.25, 0.3) is 11.8 Å². The third-order valence-corrected chi connectivity index (χ3v) is 5.38. The minimum Gasteiger partial charge on any atom is -0.484 e. The Bertz CT molecular complexity index is 1110. The zero-order valence-corrected chi connectivity index (χ0v) is 16.7. The molecule has 1 atom stereocenters. The summed E-state index contributed by atoms with van der Waals surface area (Å²) in [6.45, 7) is 1.65. The normalized spacial score (nSPS) is 17.9. The zero-order valence-electron chi connectivity index (χ0n) is 16.7. The SMILES string of the molecule is O=C1Cc2cc(-c3noc(C4CNCCN4C(=O)COc4ccccc4)n3)ccc2N1. The third kappa shape index (κ3) is 3.99. The van der Waals surface area contributed by atoms with Crippen molar-refractivity contribution in [1.82, 2.24) is 20.4 Å². The summed E-state index contributed by atoms with van der Waals surface area (Å²) < 4.78 is 11.1. The van der Waals surface area contributed by atoms with Gasteiger partial charge in [0.2, 0.25) is 11.7 Å². The predicted molar refractivity (Wildman–Crippen MR) is 111 cm³/mol. The first-order chi connectivity index (χ1) is 15.2. The number of nitrogens with one attached hydrogen (secondary N) is 2. The van der Waals surface area contributed by atoms with E-state index in [9.17, 15) is 9.59 Å². The number of anilines is 1. The Hall–Kier alpha value is -3.72. The Morgan fingerprint density at radius 3 is 2.97 bits per heavy atom. The van der Waals surface area contributed by atoms with Crippen molar-refractivity contribution in [3.63, 3.8) is 0 Å². The van der Waals surface area contributed by atoms with Crippen LogP contribution in [0.2, 0.25) is 0 Å². The van der Waals surface area contributed by atoms with Crippen molar-refractivity contribution < 1.29 is 18.8 Å². The van der Waals surface area contributed by atoms with Crippen LogP contribution in [0.4, 0.5) is 5.69 Å². The van der Waals surface area contributed by atoms with E-state index in [-0.39, 0.29) is 24.5 Å². The maximum absolute atomic E-state index is 12.8. The lowest BCUT2D eigenvalue weighted by molar-refractivity contribution is -0.137. The van der Waals surface area contributed by atoms with Crippen LogP contribution in [0.15, 0.2) is 53.1 Å². The first kappa shape index (κ1) is 19.3. The van der Waals surface area contributed by atoms with Gasteiger partial charge >= 0.3 is 0 Å². The number of nitrogens with zero attached hydrogens (tertiary/aromatic N) is 3. The van der Waals surface area contributed by atoms with Gasteiger partial charge in [0.15, 0.2) is 6.61 Å². The molecule has 9 heteroatoms. The number of benzene rings is 2. The van der Waals surface area contributed by atoms with Crippen LogP contribution in [0.25, 0.3) is 11.4 Å². The van der Waals surface area contributed by atoms with Crippen molar-refractivity contribution in [2.24, 2.45) is 0 Å². The number of rotatable bonds is 5. The highest BCUT2D eigenvalue weighted by molar-refractivity contribution is 5.99. The van der Waals surface area contributed by atoms with Crippen LogP contribution in [0, 0.1) is 0 Å². The Kier molecular flexibility index (Phi) is 5.09. The molecule has 0 aliphatic carbocycles. The Balaban J connectivity index is 1.32. The van der Waals surface area contributed by atoms with Crippen molar-refractivity contribution in [3.05, 3.63) is 60.0 Å². The van der Waals surface area contributed by atoms with Crippen molar-refractivity contribution in [2.45, 2.75) is 12.5 Å². The van der Waals surface area contributed by atoms with Gasteiger partial charge in [0.1, 0.15) is 11.8 Å². The van der Waals surface area contributed by atoms with E-state index < -0.39 is 0 Å². The van der Waals surface area contributed by atoms with Gasteiger partial charge < -0.3 is 24.8 Å². The lowest BCUT2D eigenvalue weighted by Gasteiger charge is -2.33. The standard InChI is InChI=1S/C22H21N5O4/c28-19-11-15-10-14(6-7-17(15)24-19)21-25-22(31-26-21)18-12-23-8-9-27(18)20(29)13-30-16-4-2-1-3-5-16/h1-7,10,18,23H,8-9,11-13H2,(H,24,28). The van der Waals surface area contributed by atoms with Crippen LogP contribution < -0.4 is 15.4 Å². The molecule has 2 aliphatic rings. The summed E-state index contributed by atoms with van der Waals surface area (Å²) >= 11 is 0. The van der Waals surface area contributed by atoms with Crippen LogP contribution in [-0.4, -0.2) is 53.1 Å². The predicted octanol–water partition coefficient (Wildman–Crippen LogP) is 1.78. The van der Waals surface area contributed by atoms with Crippen LogP contribution in [-0.2, 0) is 16.0 Å². The van der Waals surface area contributed by atoms with E-state index in [1.165, 1.54) is 0 Å². The molecule has 1 aromatic heterocycles. The summed E-state index contributed by atoms with van der Waals surface area (Å²) in [7, 11) is 0. The molecular weight excluding hydrogens is 398 g/mol. The fraction of sp³-hybridized carbons (Fsp3) is 0.273. The maximum atomic E-state index is 12.8. The number of hydrogen-bond acceptors (Lipinski definition) is 7. The average Bonchev–Trinajstić information content (AvgIpc) is 3.43. The van der Waals surface area contributed by atoms with Gasteiger partial charge in [-0.15, -0.1) is 0 Å². The fourth-order valence-corrected chi connectivity index (χ4v) is 3.82. The van der Waals surface area contributed by atoms with Crippen LogP contribution in [0.3, 0.4) is 0 Å². The van der Waals surface area contributed by atoms with Crippen molar-refractivity contribution >= 4 is 17.5 Å². The van der Waals surface area contributed by atoms with Crippen molar-refractivity contribution in [2.75, 3.05) is 31.6 Å². The second-order valence-corrected chi connectivity index (χ2v) is 7.46. The molecule has 1 saturated heterocycles. The number of amides is 2. The highest BCUT2D eigenvalue weighted by Gasteiger charge is 2.32. The zero-order chi connectivity index (χ0) is 21.2. The fourth-order valence-electron chi connectivity index (χ4n) is 3.82. The van der Waals surface area contributed by atoms with Gasteiger partial charge in [-0.2, -0.15) is 4.98 Å². The van der Waals surface area contributed by atoms with E-state index in [1.54, 1.807) is 4.90 Å². The average molecular weight is 419 g/mol. The maximum Gasteiger partial charge on any atom is 0.261 e. The van der Waals surface area contributed by atoms with Gasteiger partial charge in [-0.25, -0.2) is 0 Å². The molecule has 2 aliphatic heterocycles. The summed E-state index contributed by atoms with van der Waals surface area (Å²) in [5.74, 6) is 1.27. The number of para-hydroxylation sites is 1. The topological polar surface area (TPSA) is 110 Å². The minimum absolute atomic E-state index is 0.0268. The van der Waals surface area contributed by atoms with Gasteiger partial charge in [0, 0.05) is 30.9 Å². The molecule has 31 heavy (non-hydrogen) atoms. The molecule has 0 saturated carbocycles. The molecule has 3 aromatic rings. The smallest absolute Gasteiger partial charge is 0.261 e. The van der Waals surface area contributed by atoms with Crippen LogP contribution >= 0.6 is 0 Å². The molecule has 158 valence electrons. The lowest BCUT2D eigenvalue weighted by Crippen LogP contribution is -2.50. The van der Waals surface area contributed by atoms with Gasteiger partial charge in [0.05, 0.1) is 6.42 Å². The minimum atomic E-state index is -0.375. The monoisotopic (exact) mass is 419 g/mol. The summed E-state index contributed by atoms with van der Waals surface area (Å²) in [5.41, 5.74) is 2.48. The van der Waals surface area contributed by atoms with E-state index >= 15 is 0 Å². The highest BCUT2D eigenvalue weighted by atomic mass is 16.5. The number of piperazine rings is 1. The quantitative estimate of drug-likeness (QED) is 0.649. The van der Waals surface area contributed by atoms with Crippen LogP contribution in [0.1, 0.15) is 17.5 Å². The van der Waals surface area contributed by atoms with E-state index in [4.69, 9.17) is 9.26 Å².